The Kier molecular flexibility index (Phi) is 10.3. The zero-order valence-electron chi connectivity index (χ0n) is 24.0. The van der Waals surface area contributed by atoms with Crippen LogP contribution in [0.25, 0.3) is 0 Å². The molecule has 0 radical (unpaired) electrons. The van der Waals surface area contributed by atoms with Crippen LogP contribution in [0.15, 0.2) is 72.1 Å². The number of nitriles is 1. The zero-order chi connectivity index (χ0) is 30.1. The third-order valence-electron chi connectivity index (χ3n) is 6.91. The molecule has 2 N–H and O–H groups in total. The topological polar surface area (TPSA) is 113 Å². The highest BCUT2D eigenvalue weighted by Crippen LogP contribution is 2.45. The Bertz CT molecular complexity index is 1480. The van der Waals surface area contributed by atoms with E-state index in [-0.39, 0.29) is 23.0 Å². The molecular weight excluding hydrogens is 539 g/mol. The molecule has 0 aliphatic carbocycles. The summed E-state index contributed by atoms with van der Waals surface area (Å²) in [5.74, 6) is -0.306. The molecular formula is C33H35FN2O6. The third-order valence-corrected chi connectivity index (χ3v) is 6.91. The fourth-order valence-electron chi connectivity index (χ4n) is 4.69. The van der Waals surface area contributed by atoms with E-state index >= 15 is 0 Å². The van der Waals surface area contributed by atoms with Gasteiger partial charge in [-0.25, -0.2) is 9.18 Å². The van der Waals surface area contributed by atoms with Gasteiger partial charge in [-0.05, 0) is 49.2 Å². The van der Waals surface area contributed by atoms with E-state index in [1.54, 1.807) is 25.3 Å². The fraction of sp³-hybridized carbons (Fsp3) is 0.333. The summed E-state index contributed by atoms with van der Waals surface area (Å²) in [6.45, 7) is 4.23. The maximum Gasteiger partial charge on any atom is 0.352 e. The van der Waals surface area contributed by atoms with Gasteiger partial charge in [0.15, 0.2) is 29.2 Å². The van der Waals surface area contributed by atoms with Crippen LogP contribution in [0.2, 0.25) is 0 Å². The molecule has 4 rings (SSSR count). The fourth-order valence-corrected chi connectivity index (χ4v) is 4.69. The number of esters is 1. The maximum absolute atomic E-state index is 13.9. The SMILES string of the molecule is CCCCCCCOc1ccc(C2C(C#N)=C(N)Oc3cc(OC(=O)C(C)Oc4ccccc4F)ccc32)cc1OC. The lowest BCUT2D eigenvalue weighted by molar-refractivity contribution is -0.141. The number of nitrogens with zero attached hydrogens (tertiary/aromatic N) is 1. The number of ether oxygens (including phenoxy) is 5. The molecule has 1 heterocycles. The third kappa shape index (κ3) is 7.13. The van der Waals surface area contributed by atoms with E-state index in [9.17, 15) is 14.4 Å². The molecule has 3 aromatic carbocycles. The zero-order valence-corrected chi connectivity index (χ0v) is 24.0. The average Bonchev–Trinajstić information content (AvgIpc) is 2.99. The van der Waals surface area contributed by atoms with Crippen LogP contribution in [-0.4, -0.2) is 25.8 Å². The molecule has 0 fully saturated rings. The van der Waals surface area contributed by atoms with Crippen LogP contribution < -0.4 is 29.4 Å². The van der Waals surface area contributed by atoms with E-state index in [2.05, 4.69) is 13.0 Å². The minimum Gasteiger partial charge on any atom is -0.493 e. The number of carbonyl (C=O) groups is 1. The minimum atomic E-state index is -1.08. The number of methoxy groups -OCH3 is 1. The van der Waals surface area contributed by atoms with Gasteiger partial charge in [-0.15, -0.1) is 0 Å². The number of benzene rings is 3. The lowest BCUT2D eigenvalue weighted by atomic mass is 9.83. The first kappa shape index (κ1) is 30.3. The Hall–Kier alpha value is -4.71. The number of hydrogen-bond acceptors (Lipinski definition) is 8. The first-order chi connectivity index (χ1) is 20.4. The largest absolute Gasteiger partial charge is 0.493 e. The predicted molar refractivity (Wildman–Crippen MR) is 155 cm³/mol. The van der Waals surface area contributed by atoms with Crippen LogP contribution >= 0.6 is 0 Å². The minimum absolute atomic E-state index is 0.0545. The first-order valence-corrected chi connectivity index (χ1v) is 14.0. The monoisotopic (exact) mass is 574 g/mol. The van der Waals surface area contributed by atoms with E-state index in [1.807, 2.05) is 18.2 Å². The number of hydrogen-bond donors (Lipinski definition) is 1. The molecule has 0 spiro atoms. The van der Waals surface area contributed by atoms with Gasteiger partial charge in [0.25, 0.3) is 0 Å². The first-order valence-electron chi connectivity index (χ1n) is 14.0. The van der Waals surface area contributed by atoms with Crippen molar-refractivity contribution in [2.45, 2.75) is 58.0 Å². The number of allylic oxidation sites excluding steroid dienone is 1. The van der Waals surface area contributed by atoms with Crippen molar-refractivity contribution in [3.8, 4) is 34.8 Å². The second-order valence-corrected chi connectivity index (χ2v) is 9.91. The van der Waals surface area contributed by atoms with E-state index in [1.165, 1.54) is 50.5 Å². The van der Waals surface area contributed by atoms with Crippen molar-refractivity contribution in [2.24, 2.45) is 5.73 Å². The molecule has 0 saturated carbocycles. The molecule has 9 heteroatoms. The molecule has 0 bridgehead atoms. The summed E-state index contributed by atoms with van der Waals surface area (Å²) >= 11 is 0. The van der Waals surface area contributed by atoms with Gasteiger partial charge in [-0.3, -0.25) is 0 Å². The molecule has 0 amide bonds. The smallest absolute Gasteiger partial charge is 0.352 e. The van der Waals surface area contributed by atoms with Crippen molar-refractivity contribution >= 4 is 5.97 Å². The molecule has 2 unspecified atom stereocenters. The molecule has 42 heavy (non-hydrogen) atoms. The van der Waals surface area contributed by atoms with Gasteiger partial charge in [0.1, 0.15) is 23.1 Å². The maximum atomic E-state index is 13.9. The Morgan fingerprint density at radius 1 is 1.05 bits per heavy atom. The molecule has 8 nitrogen and oxygen atoms in total. The lowest BCUT2D eigenvalue weighted by Crippen LogP contribution is -2.29. The van der Waals surface area contributed by atoms with Crippen LogP contribution in [0.4, 0.5) is 4.39 Å². The standard InChI is InChI=1S/C33H35FN2O6/c1-4-5-6-7-10-17-39-28-16-13-22(18-30(28)38-3)31-24-15-14-23(19-29(24)42-32(36)25(31)20-35)41-33(37)21(2)40-27-12-9-8-11-26(27)34/h8-9,11-16,18-19,21,31H,4-7,10,17,36H2,1-3H3. The van der Waals surface area contributed by atoms with Gasteiger partial charge >= 0.3 is 5.97 Å². The summed E-state index contributed by atoms with van der Waals surface area (Å²) in [5, 5.41) is 9.95. The van der Waals surface area contributed by atoms with E-state index < -0.39 is 23.8 Å². The van der Waals surface area contributed by atoms with Crippen LogP contribution in [0, 0.1) is 17.1 Å². The van der Waals surface area contributed by atoms with Crippen LogP contribution in [-0.2, 0) is 4.79 Å². The van der Waals surface area contributed by atoms with Gasteiger partial charge in [-0.2, -0.15) is 5.26 Å². The summed E-state index contributed by atoms with van der Waals surface area (Å²) < 4.78 is 42.2. The quantitative estimate of drug-likeness (QED) is 0.135. The van der Waals surface area contributed by atoms with E-state index in [4.69, 9.17) is 29.4 Å². The van der Waals surface area contributed by atoms with Crippen molar-refractivity contribution in [1.29, 1.82) is 5.26 Å². The summed E-state index contributed by atoms with van der Waals surface area (Å²) in [4.78, 5) is 12.7. The molecule has 1 aliphatic heterocycles. The molecule has 220 valence electrons. The van der Waals surface area contributed by atoms with Gasteiger partial charge in [0.05, 0.1) is 19.6 Å². The second-order valence-electron chi connectivity index (χ2n) is 9.91. The highest BCUT2D eigenvalue weighted by molar-refractivity contribution is 5.77. The van der Waals surface area contributed by atoms with E-state index in [0.717, 1.165) is 18.4 Å². The Balaban J connectivity index is 1.52. The second kappa shape index (κ2) is 14.3. The average molecular weight is 575 g/mol. The number of rotatable bonds is 13. The van der Waals surface area contributed by atoms with Crippen molar-refractivity contribution in [3.63, 3.8) is 0 Å². The summed E-state index contributed by atoms with van der Waals surface area (Å²) in [6, 6.07) is 18.3. The van der Waals surface area contributed by atoms with Crippen LogP contribution in [0.5, 0.6) is 28.7 Å². The van der Waals surface area contributed by atoms with E-state index in [0.29, 0.717) is 29.4 Å². The molecule has 0 aromatic heterocycles. The van der Waals surface area contributed by atoms with Gasteiger partial charge in [-0.1, -0.05) is 56.9 Å². The highest BCUT2D eigenvalue weighted by atomic mass is 19.1. The van der Waals surface area contributed by atoms with Gasteiger partial charge in [0.2, 0.25) is 5.88 Å². The Morgan fingerprint density at radius 3 is 2.57 bits per heavy atom. The number of nitrogens with two attached hydrogens (primary N) is 1. The van der Waals surface area contributed by atoms with Crippen LogP contribution in [0.1, 0.15) is 63.0 Å². The van der Waals surface area contributed by atoms with Crippen molar-refractivity contribution in [1.82, 2.24) is 0 Å². The summed E-state index contributed by atoms with van der Waals surface area (Å²) in [6.07, 6.45) is 4.58. The van der Waals surface area contributed by atoms with Crippen molar-refractivity contribution in [3.05, 3.63) is 89.1 Å². The number of unbranched alkanes of at least 4 members (excludes halogenated alkanes) is 4. The number of halogens is 1. The van der Waals surface area contributed by atoms with Gasteiger partial charge < -0.3 is 29.4 Å². The normalized spacial score (nSPS) is 14.7. The van der Waals surface area contributed by atoms with Gasteiger partial charge in [0, 0.05) is 11.6 Å². The molecule has 3 aromatic rings. The highest BCUT2D eigenvalue weighted by Gasteiger charge is 2.32. The molecule has 0 saturated heterocycles. The number of fused-ring (bicyclic) bond motifs is 1. The Labute approximate surface area is 245 Å². The predicted octanol–water partition coefficient (Wildman–Crippen LogP) is 6.77. The number of carbonyl (C=O) groups excluding carboxylic acids is 1. The van der Waals surface area contributed by atoms with Crippen molar-refractivity contribution in [2.75, 3.05) is 13.7 Å². The van der Waals surface area contributed by atoms with Crippen LogP contribution in [0.3, 0.4) is 0 Å². The summed E-state index contributed by atoms with van der Waals surface area (Å²) in [5.41, 5.74) is 7.81. The lowest BCUT2D eigenvalue weighted by Gasteiger charge is -2.27. The Morgan fingerprint density at radius 2 is 1.83 bits per heavy atom. The number of para-hydroxylation sites is 1. The summed E-state index contributed by atoms with van der Waals surface area (Å²) in [7, 11) is 1.57. The molecule has 1 aliphatic rings. The molecule has 2 atom stereocenters. The van der Waals surface area contributed by atoms with Crippen molar-refractivity contribution < 1.29 is 32.9 Å².